The third-order valence-electron chi connectivity index (χ3n) is 5.14. The van der Waals surface area contributed by atoms with Crippen LogP contribution in [0.3, 0.4) is 0 Å². The molecule has 0 radical (unpaired) electrons. The van der Waals surface area contributed by atoms with Crippen molar-refractivity contribution in [3.8, 4) is 0 Å². The van der Waals surface area contributed by atoms with Crippen LogP contribution in [0.2, 0.25) is 0 Å². The van der Waals surface area contributed by atoms with Crippen LogP contribution in [0.15, 0.2) is 0 Å². The Kier molecular flexibility index (Phi) is 5.27. The number of piperidine rings is 1. The van der Waals surface area contributed by atoms with E-state index in [1.807, 2.05) is 0 Å². The molecule has 3 nitrogen and oxygen atoms in total. The first kappa shape index (κ1) is 15.3. The van der Waals surface area contributed by atoms with Gasteiger partial charge in [-0.3, -0.25) is 9.80 Å². The zero-order chi connectivity index (χ0) is 13.9. The lowest BCUT2D eigenvalue weighted by atomic mass is 9.84. The summed E-state index contributed by atoms with van der Waals surface area (Å²) in [6.45, 7) is 11.9. The molecule has 2 rings (SSSR count). The van der Waals surface area contributed by atoms with Gasteiger partial charge in [0.05, 0.1) is 0 Å². The molecule has 3 unspecified atom stereocenters. The maximum atomic E-state index is 9.73. The zero-order valence-electron chi connectivity index (χ0n) is 13.1. The normalized spacial score (nSPS) is 32.8. The van der Waals surface area contributed by atoms with Crippen molar-refractivity contribution in [3.63, 3.8) is 0 Å². The first-order valence-electron chi connectivity index (χ1n) is 8.17. The maximum absolute atomic E-state index is 9.73. The van der Waals surface area contributed by atoms with Crippen LogP contribution in [0.5, 0.6) is 0 Å². The maximum Gasteiger partial charge on any atom is 0.0497 e. The number of aliphatic hydroxyl groups excluding tert-OH is 1. The van der Waals surface area contributed by atoms with Gasteiger partial charge in [0.1, 0.15) is 0 Å². The Hall–Kier alpha value is -0.120. The topological polar surface area (TPSA) is 26.7 Å². The van der Waals surface area contributed by atoms with Crippen LogP contribution >= 0.6 is 0 Å². The van der Waals surface area contributed by atoms with Gasteiger partial charge in [0.25, 0.3) is 0 Å². The predicted octanol–water partition coefficient (Wildman–Crippen LogP) is 2.34. The average molecular weight is 268 g/mol. The minimum Gasteiger partial charge on any atom is -0.396 e. The van der Waals surface area contributed by atoms with Crippen molar-refractivity contribution >= 4 is 0 Å². The molecule has 2 aliphatic heterocycles. The molecular formula is C16H32N2O. The lowest BCUT2D eigenvalue weighted by molar-refractivity contribution is -0.0171. The summed E-state index contributed by atoms with van der Waals surface area (Å²) in [4.78, 5) is 5.33. The van der Waals surface area contributed by atoms with Crippen molar-refractivity contribution in [1.29, 1.82) is 0 Å². The number of fused-ring (bicyclic) bond motifs is 1. The summed E-state index contributed by atoms with van der Waals surface area (Å²) in [5.41, 5.74) is 0.0832. The Morgan fingerprint density at radius 2 is 2.05 bits per heavy atom. The third kappa shape index (κ3) is 3.71. The largest absolute Gasteiger partial charge is 0.396 e. The summed E-state index contributed by atoms with van der Waals surface area (Å²) in [6.07, 6.45) is 6.44. The van der Waals surface area contributed by atoms with Crippen LogP contribution in [0.1, 0.15) is 52.9 Å². The number of nitrogens with zero attached hydrogens (tertiary/aromatic N) is 2. The minimum absolute atomic E-state index is 0.0832. The first-order valence-corrected chi connectivity index (χ1v) is 8.17. The molecule has 112 valence electrons. The first-order chi connectivity index (χ1) is 9.08. The molecule has 0 aromatic rings. The van der Waals surface area contributed by atoms with Crippen LogP contribution in [0, 0.1) is 5.41 Å². The molecule has 1 N–H and O–H groups in total. The molecule has 3 heteroatoms. The lowest BCUT2D eigenvalue weighted by Crippen LogP contribution is -2.60. The van der Waals surface area contributed by atoms with E-state index in [2.05, 4.69) is 30.6 Å². The van der Waals surface area contributed by atoms with E-state index in [9.17, 15) is 5.11 Å². The van der Waals surface area contributed by atoms with Gasteiger partial charge in [0, 0.05) is 43.7 Å². The van der Waals surface area contributed by atoms with Crippen molar-refractivity contribution in [2.24, 2.45) is 5.41 Å². The second-order valence-corrected chi connectivity index (χ2v) is 7.14. The van der Waals surface area contributed by atoms with Gasteiger partial charge in [0.2, 0.25) is 0 Å². The molecule has 0 bridgehead atoms. The van der Waals surface area contributed by atoms with Crippen molar-refractivity contribution in [2.45, 2.75) is 65.0 Å². The van der Waals surface area contributed by atoms with E-state index in [-0.39, 0.29) is 5.41 Å². The average Bonchev–Trinajstić information content (AvgIpc) is 2.40. The summed E-state index contributed by atoms with van der Waals surface area (Å²) in [6, 6.07) is 1.41. The molecular weight excluding hydrogens is 236 g/mol. The van der Waals surface area contributed by atoms with Gasteiger partial charge in [0.15, 0.2) is 0 Å². The number of rotatable bonds is 5. The van der Waals surface area contributed by atoms with E-state index >= 15 is 0 Å². The van der Waals surface area contributed by atoms with Gasteiger partial charge < -0.3 is 5.11 Å². The number of piperazine rings is 1. The molecule has 0 aliphatic carbocycles. The highest BCUT2D eigenvalue weighted by atomic mass is 16.3. The van der Waals surface area contributed by atoms with Gasteiger partial charge in [-0.2, -0.15) is 0 Å². The van der Waals surface area contributed by atoms with Crippen molar-refractivity contribution in [3.05, 3.63) is 0 Å². The SMILES string of the molecule is CCCC(C)(CO)CN1CC2CCCCN2CC1C. The third-order valence-corrected chi connectivity index (χ3v) is 5.14. The smallest absolute Gasteiger partial charge is 0.0497 e. The highest BCUT2D eigenvalue weighted by Gasteiger charge is 2.36. The molecule has 2 heterocycles. The molecule has 3 atom stereocenters. The van der Waals surface area contributed by atoms with Crippen LogP contribution in [-0.2, 0) is 0 Å². The number of aliphatic hydroxyl groups is 1. The van der Waals surface area contributed by atoms with Crippen LogP contribution < -0.4 is 0 Å². The fourth-order valence-electron chi connectivity index (χ4n) is 3.93. The summed E-state index contributed by atoms with van der Waals surface area (Å²) in [5, 5.41) is 9.73. The Bertz CT molecular complexity index is 284. The molecule has 19 heavy (non-hydrogen) atoms. The zero-order valence-corrected chi connectivity index (χ0v) is 13.1. The number of hydrogen-bond donors (Lipinski definition) is 1. The summed E-state index contributed by atoms with van der Waals surface area (Å²) in [5.74, 6) is 0. The van der Waals surface area contributed by atoms with Gasteiger partial charge in [-0.15, -0.1) is 0 Å². The van der Waals surface area contributed by atoms with E-state index in [1.54, 1.807) is 0 Å². The second kappa shape index (κ2) is 6.55. The predicted molar refractivity (Wildman–Crippen MR) is 80.3 cm³/mol. The summed E-state index contributed by atoms with van der Waals surface area (Å²) >= 11 is 0. The summed E-state index contributed by atoms with van der Waals surface area (Å²) in [7, 11) is 0. The van der Waals surface area contributed by atoms with E-state index < -0.39 is 0 Å². The van der Waals surface area contributed by atoms with Crippen LogP contribution in [0.4, 0.5) is 0 Å². The van der Waals surface area contributed by atoms with E-state index in [0.717, 1.165) is 25.4 Å². The number of hydrogen-bond acceptors (Lipinski definition) is 3. The fraction of sp³-hybridized carbons (Fsp3) is 1.00. The Balaban J connectivity index is 1.95. The molecule has 0 amide bonds. The van der Waals surface area contributed by atoms with E-state index in [4.69, 9.17) is 0 Å². The standard InChI is InChI=1S/C16H32N2O/c1-4-8-16(3,13-19)12-18-11-15-7-5-6-9-17(15)10-14(18)2/h14-15,19H,4-13H2,1-3H3. The minimum atomic E-state index is 0.0832. The molecule has 0 aromatic carbocycles. The highest BCUT2D eigenvalue weighted by molar-refractivity contribution is 4.91. The Morgan fingerprint density at radius 3 is 2.74 bits per heavy atom. The van der Waals surface area contributed by atoms with Gasteiger partial charge in [-0.05, 0) is 32.7 Å². The molecule has 0 aromatic heterocycles. The van der Waals surface area contributed by atoms with Crippen molar-refractivity contribution < 1.29 is 5.11 Å². The van der Waals surface area contributed by atoms with E-state index in [0.29, 0.717) is 12.6 Å². The second-order valence-electron chi connectivity index (χ2n) is 7.14. The molecule has 0 saturated carbocycles. The quantitative estimate of drug-likeness (QED) is 0.829. The molecule has 2 fully saturated rings. The Morgan fingerprint density at radius 1 is 1.26 bits per heavy atom. The molecule has 2 saturated heterocycles. The summed E-state index contributed by atoms with van der Waals surface area (Å²) < 4.78 is 0. The highest BCUT2D eigenvalue weighted by Crippen LogP contribution is 2.29. The lowest BCUT2D eigenvalue weighted by Gasteiger charge is -2.49. The van der Waals surface area contributed by atoms with Crippen molar-refractivity contribution in [2.75, 3.05) is 32.8 Å². The molecule has 0 spiro atoms. The van der Waals surface area contributed by atoms with Gasteiger partial charge >= 0.3 is 0 Å². The monoisotopic (exact) mass is 268 g/mol. The fourth-order valence-corrected chi connectivity index (χ4v) is 3.93. The Labute approximate surface area is 119 Å². The molecule has 2 aliphatic rings. The van der Waals surface area contributed by atoms with Gasteiger partial charge in [-0.25, -0.2) is 0 Å². The van der Waals surface area contributed by atoms with E-state index in [1.165, 1.54) is 38.9 Å². The van der Waals surface area contributed by atoms with Crippen LogP contribution in [-0.4, -0.2) is 59.8 Å². The van der Waals surface area contributed by atoms with Crippen LogP contribution in [0.25, 0.3) is 0 Å². The van der Waals surface area contributed by atoms with Gasteiger partial charge in [-0.1, -0.05) is 26.7 Å². The van der Waals surface area contributed by atoms with Crippen molar-refractivity contribution in [1.82, 2.24) is 9.80 Å².